The van der Waals surface area contributed by atoms with E-state index < -0.39 is 0 Å². The van der Waals surface area contributed by atoms with E-state index in [0.717, 1.165) is 29.4 Å². The Labute approximate surface area is 138 Å². The fraction of sp³-hybridized carbons (Fsp3) is 0.368. The zero-order valence-electron chi connectivity index (χ0n) is 13.5. The number of hydrogen-bond acceptors (Lipinski definition) is 2. The molecule has 0 heterocycles. The van der Waals surface area contributed by atoms with Gasteiger partial charge in [-0.3, -0.25) is 0 Å². The minimum absolute atomic E-state index is 0.176. The molecule has 0 aliphatic carbocycles. The summed E-state index contributed by atoms with van der Waals surface area (Å²) in [5.74, 6) is 0.910. The van der Waals surface area contributed by atoms with Crippen LogP contribution in [0.25, 0.3) is 0 Å². The van der Waals surface area contributed by atoms with Crippen LogP contribution in [0.2, 0.25) is 5.02 Å². The van der Waals surface area contributed by atoms with E-state index in [-0.39, 0.29) is 5.41 Å². The number of nitrogens with one attached hydrogen (secondary N) is 1. The molecule has 0 saturated heterocycles. The van der Waals surface area contributed by atoms with Crippen molar-refractivity contribution in [3.63, 3.8) is 0 Å². The largest absolute Gasteiger partial charge is 0.492 e. The van der Waals surface area contributed by atoms with Gasteiger partial charge in [0.25, 0.3) is 0 Å². The molecular weight excluding hydrogens is 294 g/mol. The molecule has 0 atom stereocenters. The normalized spacial score (nSPS) is 11.5. The monoisotopic (exact) mass is 317 g/mol. The Morgan fingerprint density at radius 1 is 1.00 bits per heavy atom. The molecule has 2 nitrogen and oxygen atoms in total. The second-order valence-electron chi connectivity index (χ2n) is 6.39. The van der Waals surface area contributed by atoms with Crippen molar-refractivity contribution in [3.8, 4) is 5.75 Å². The number of hydrogen-bond donors (Lipinski definition) is 1. The van der Waals surface area contributed by atoms with E-state index in [1.165, 1.54) is 5.56 Å². The zero-order valence-corrected chi connectivity index (χ0v) is 14.3. The summed E-state index contributed by atoms with van der Waals surface area (Å²) in [4.78, 5) is 0. The summed E-state index contributed by atoms with van der Waals surface area (Å²) >= 11 is 6.11. The van der Waals surface area contributed by atoms with Crippen LogP contribution in [0.15, 0.2) is 48.5 Å². The summed E-state index contributed by atoms with van der Waals surface area (Å²) in [6.45, 7) is 8.81. The highest BCUT2D eigenvalue weighted by atomic mass is 35.5. The van der Waals surface area contributed by atoms with Gasteiger partial charge in [0, 0.05) is 18.1 Å². The SMILES string of the molecule is CC(C)(C)c1ccc(OCCNCc2ccccc2Cl)cc1. The van der Waals surface area contributed by atoms with Gasteiger partial charge in [0.15, 0.2) is 0 Å². The third-order valence-electron chi connectivity index (χ3n) is 3.54. The molecule has 0 radical (unpaired) electrons. The molecule has 2 rings (SSSR count). The lowest BCUT2D eigenvalue weighted by Crippen LogP contribution is -2.20. The van der Waals surface area contributed by atoms with E-state index in [2.05, 4.69) is 38.2 Å². The summed E-state index contributed by atoms with van der Waals surface area (Å²) in [5, 5.41) is 4.14. The standard InChI is InChI=1S/C19H24ClNO/c1-19(2,3)16-8-10-17(11-9-16)22-13-12-21-14-15-6-4-5-7-18(15)20/h4-11,21H,12-14H2,1-3H3. The van der Waals surface area contributed by atoms with E-state index in [1.807, 2.05) is 36.4 Å². The third kappa shape index (κ3) is 5.04. The fourth-order valence-corrected chi connectivity index (χ4v) is 2.36. The highest BCUT2D eigenvalue weighted by molar-refractivity contribution is 6.31. The Balaban J connectivity index is 1.72. The molecule has 22 heavy (non-hydrogen) atoms. The van der Waals surface area contributed by atoms with E-state index in [4.69, 9.17) is 16.3 Å². The van der Waals surface area contributed by atoms with Crippen molar-refractivity contribution >= 4 is 11.6 Å². The van der Waals surface area contributed by atoms with Crippen LogP contribution in [0.1, 0.15) is 31.9 Å². The molecule has 0 aliphatic heterocycles. The van der Waals surface area contributed by atoms with Gasteiger partial charge in [0.05, 0.1) is 0 Å². The van der Waals surface area contributed by atoms with Gasteiger partial charge in [0.1, 0.15) is 12.4 Å². The van der Waals surface area contributed by atoms with Crippen LogP contribution >= 0.6 is 11.6 Å². The van der Waals surface area contributed by atoms with Crippen molar-refractivity contribution in [2.75, 3.05) is 13.2 Å². The van der Waals surface area contributed by atoms with Crippen LogP contribution in [0.4, 0.5) is 0 Å². The van der Waals surface area contributed by atoms with Crippen molar-refractivity contribution in [2.45, 2.75) is 32.7 Å². The Morgan fingerprint density at radius 3 is 2.32 bits per heavy atom. The molecule has 0 amide bonds. The predicted octanol–water partition coefficient (Wildman–Crippen LogP) is 4.81. The van der Waals surface area contributed by atoms with Gasteiger partial charge in [-0.1, -0.05) is 62.7 Å². The first kappa shape index (κ1) is 16.9. The van der Waals surface area contributed by atoms with E-state index in [9.17, 15) is 0 Å². The number of halogens is 1. The average molecular weight is 318 g/mol. The average Bonchev–Trinajstić information content (AvgIpc) is 2.48. The molecule has 0 fully saturated rings. The van der Waals surface area contributed by atoms with Crippen molar-refractivity contribution < 1.29 is 4.74 Å². The van der Waals surface area contributed by atoms with E-state index >= 15 is 0 Å². The van der Waals surface area contributed by atoms with E-state index in [0.29, 0.717) is 6.61 Å². The predicted molar refractivity (Wildman–Crippen MR) is 93.8 cm³/mol. The Kier molecular flexibility index (Phi) is 5.87. The molecule has 0 unspecified atom stereocenters. The lowest BCUT2D eigenvalue weighted by molar-refractivity contribution is 0.313. The molecule has 2 aromatic carbocycles. The summed E-state index contributed by atoms with van der Waals surface area (Å²) in [6.07, 6.45) is 0. The van der Waals surface area contributed by atoms with Crippen molar-refractivity contribution in [1.82, 2.24) is 5.32 Å². The Morgan fingerprint density at radius 2 is 1.68 bits per heavy atom. The van der Waals surface area contributed by atoms with Crippen LogP contribution in [-0.4, -0.2) is 13.2 Å². The van der Waals surface area contributed by atoms with Gasteiger partial charge in [-0.05, 0) is 34.7 Å². The molecular formula is C19H24ClNO. The fourth-order valence-electron chi connectivity index (χ4n) is 2.16. The van der Waals surface area contributed by atoms with Crippen LogP contribution in [-0.2, 0) is 12.0 Å². The smallest absolute Gasteiger partial charge is 0.119 e. The van der Waals surface area contributed by atoms with E-state index in [1.54, 1.807) is 0 Å². The third-order valence-corrected chi connectivity index (χ3v) is 3.91. The molecule has 0 aromatic heterocycles. The topological polar surface area (TPSA) is 21.3 Å². The number of rotatable bonds is 6. The van der Waals surface area contributed by atoms with Gasteiger partial charge in [0.2, 0.25) is 0 Å². The number of ether oxygens (including phenoxy) is 1. The summed E-state index contributed by atoms with van der Waals surface area (Å²) < 4.78 is 5.75. The first-order chi connectivity index (χ1) is 10.5. The molecule has 0 aliphatic rings. The molecule has 3 heteroatoms. The molecule has 0 spiro atoms. The minimum Gasteiger partial charge on any atom is -0.492 e. The van der Waals surface area contributed by atoms with Gasteiger partial charge < -0.3 is 10.1 Å². The van der Waals surface area contributed by atoms with Gasteiger partial charge >= 0.3 is 0 Å². The summed E-state index contributed by atoms with van der Waals surface area (Å²) in [7, 11) is 0. The van der Waals surface area contributed by atoms with Crippen LogP contribution in [0.3, 0.4) is 0 Å². The maximum atomic E-state index is 6.11. The van der Waals surface area contributed by atoms with Gasteiger partial charge in [-0.15, -0.1) is 0 Å². The minimum atomic E-state index is 0.176. The summed E-state index contributed by atoms with van der Waals surface area (Å²) in [6, 6.07) is 16.2. The quantitative estimate of drug-likeness (QED) is 0.772. The second-order valence-corrected chi connectivity index (χ2v) is 6.80. The first-order valence-corrected chi connectivity index (χ1v) is 8.02. The van der Waals surface area contributed by atoms with Crippen LogP contribution in [0.5, 0.6) is 5.75 Å². The second kappa shape index (κ2) is 7.66. The maximum absolute atomic E-state index is 6.11. The molecule has 0 saturated carbocycles. The van der Waals surface area contributed by atoms with Crippen molar-refractivity contribution in [2.24, 2.45) is 0 Å². The summed E-state index contributed by atoms with van der Waals surface area (Å²) in [5.41, 5.74) is 2.60. The first-order valence-electron chi connectivity index (χ1n) is 7.64. The maximum Gasteiger partial charge on any atom is 0.119 e. The van der Waals surface area contributed by atoms with Gasteiger partial charge in [-0.25, -0.2) is 0 Å². The molecule has 1 N–H and O–H groups in total. The zero-order chi connectivity index (χ0) is 16.0. The Hall–Kier alpha value is -1.51. The lowest BCUT2D eigenvalue weighted by atomic mass is 9.87. The van der Waals surface area contributed by atoms with Crippen LogP contribution < -0.4 is 10.1 Å². The van der Waals surface area contributed by atoms with Crippen LogP contribution in [0, 0.1) is 0 Å². The highest BCUT2D eigenvalue weighted by Crippen LogP contribution is 2.24. The Bertz CT molecular complexity index is 587. The molecule has 0 bridgehead atoms. The molecule has 2 aromatic rings. The van der Waals surface area contributed by atoms with Gasteiger partial charge in [-0.2, -0.15) is 0 Å². The number of benzene rings is 2. The lowest BCUT2D eigenvalue weighted by Gasteiger charge is -2.19. The van der Waals surface area contributed by atoms with Crippen molar-refractivity contribution in [3.05, 3.63) is 64.7 Å². The van der Waals surface area contributed by atoms with Crippen molar-refractivity contribution in [1.29, 1.82) is 0 Å². The molecule has 118 valence electrons. The highest BCUT2D eigenvalue weighted by Gasteiger charge is 2.12.